The number of aromatic nitrogens is 4. The number of nitrogens with one attached hydrogen (secondary N) is 1. The third-order valence-electron chi connectivity index (χ3n) is 5.37. The van der Waals surface area contributed by atoms with Crippen molar-refractivity contribution in [1.82, 2.24) is 19.4 Å². The van der Waals surface area contributed by atoms with E-state index < -0.39 is 9.84 Å². The maximum Gasteiger partial charge on any atom is 0.306 e. The van der Waals surface area contributed by atoms with Crippen LogP contribution in [0.1, 0.15) is 6.42 Å². The summed E-state index contributed by atoms with van der Waals surface area (Å²) < 4.78 is 32.2. The van der Waals surface area contributed by atoms with Gasteiger partial charge in [0.15, 0.2) is 9.84 Å². The average molecular weight is 492 g/mol. The first-order valence-corrected chi connectivity index (χ1v) is 12.4. The van der Waals surface area contributed by atoms with Crippen molar-refractivity contribution >= 4 is 21.6 Å². The van der Waals surface area contributed by atoms with Gasteiger partial charge in [0.2, 0.25) is 5.95 Å². The summed E-state index contributed by atoms with van der Waals surface area (Å²) in [6, 6.07) is 13.9. The quantitative estimate of drug-likeness (QED) is 0.277. The molecule has 3 aromatic heterocycles. The Bertz CT molecular complexity index is 1580. The van der Waals surface area contributed by atoms with Gasteiger partial charge in [-0.2, -0.15) is 4.98 Å². The van der Waals surface area contributed by atoms with Crippen molar-refractivity contribution in [1.29, 1.82) is 0 Å². The second-order valence-corrected chi connectivity index (χ2v) is 9.88. The number of anilines is 1. The van der Waals surface area contributed by atoms with Crippen molar-refractivity contribution in [3.63, 3.8) is 0 Å². The van der Waals surface area contributed by atoms with E-state index in [-0.39, 0.29) is 22.1 Å². The number of nitrogens with zero attached hydrogens (tertiary/aromatic N) is 4. The van der Waals surface area contributed by atoms with Crippen molar-refractivity contribution in [3.05, 3.63) is 73.3 Å². The highest BCUT2D eigenvalue weighted by molar-refractivity contribution is 7.91. The second kappa shape index (κ2) is 9.11. The summed E-state index contributed by atoms with van der Waals surface area (Å²) in [5.74, 6) is 0.852. The average Bonchev–Trinajstić information content (AvgIpc) is 3.44. The van der Waals surface area contributed by atoms with Gasteiger partial charge in [-0.25, -0.2) is 18.4 Å². The number of aromatic hydroxyl groups is 2. The third kappa shape index (κ3) is 4.66. The van der Waals surface area contributed by atoms with Crippen molar-refractivity contribution in [3.8, 4) is 34.1 Å². The molecule has 0 saturated heterocycles. The molecule has 0 bridgehead atoms. The first-order chi connectivity index (χ1) is 16.9. The zero-order valence-corrected chi connectivity index (χ0v) is 19.2. The number of rotatable bonds is 8. The van der Waals surface area contributed by atoms with E-state index >= 15 is 0 Å². The van der Waals surface area contributed by atoms with Gasteiger partial charge in [0.05, 0.1) is 16.3 Å². The first-order valence-electron chi connectivity index (χ1n) is 10.7. The number of hydrogen-bond acceptors (Lipinski definition) is 9. The van der Waals surface area contributed by atoms with Crippen LogP contribution in [0.25, 0.3) is 28.5 Å². The fraction of sp³-hybridized carbons (Fsp3) is 0.125. The number of phenolic OH excluding ortho intramolecular Hbond substituents is 2. The summed E-state index contributed by atoms with van der Waals surface area (Å²) in [6.07, 6.45) is 5.22. The van der Waals surface area contributed by atoms with Crippen LogP contribution >= 0.6 is 0 Å². The van der Waals surface area contributed by atoms with Crippen molar-refractivity contribution in [2.75, 3.05) is 17.6 Å². The van der Waals surface area contributed by atoms with E-state index in [2.05, 4.69) is 20.3 Å². The van der Waals surface area contributed by atoms with E-state index in [9.17, 15) is 18.6 Å². The minimum atomic E-state index is -3.46. The minimum absolute atomic E-state index is 0.0158. The fourth-order valence-electron chi connectivity index (χ4n) is 3.66. The molecule has 0 unspecified atom stereocenters. The normalized spacial score (nSPS) is 11.7. The van der Waals surface area contributed by atoms with Gasteiger partial charge in [0.25, 0.3) is 0 Å². The lowest BCUT2D eigenvalue weighted by Gasteiger charge is -2.08. The van der Waals surface area contributed by atoms with Crippen LogP contribution in [0.3, 0.4) is 0 Å². The van der Waals surface area contributed by atoms with Crippen LogP contribution < -0.4 is 5.32 Å². The van der Waals surface area contributed by atoms with E-state index in [4.69, 9.17) is 4.42 Å². The molecule has 0 fully saturated rings. The molecule has 0 spiro atoms. The van der Waals surface area contributed by atoms with Gasteiger partial charge in [-0.3, -0.25) is 4.40 Å². The van der Waals surface area contributed by atoms with Gasteiger partial charge in [-0.15, -0.1) is 0 Å². The Hall–Kier alpha value is -4.38. The van der Waals surface area contributed by atoms with E-state index in [1.165, 1.54) is 30.5 Å². The van der Waals surface area contributed by atoms with Gasteiger partial charge in [0.1, 0.15) is 29.2 Å². The SMILES string of the molecule is O=S(=O)(CCCNc1nccc(-c2c(-c3ccc(O)cc3)nc3occn23)n1)c1ccc(O)cc1. The maximum atomic E-state index is 12.5. The van der Waals surface area contributed by atoms with E-state index in [0.717, 1.165) is 5.56 Å². The molecule has 5 aromatic rings. The molecule has 3 N–H and O–H groups in total. The van der Waals surface area contributed by atoms with Gasteiger partial charge in [-0.1, -0.05) is 0 Å². The highest BCUT2D eigenvalue weighted by atomic mass is 32.2. The Morgan fingerprint density at radius 3 is 2.40 bits per heavy atom. The lowest BCUT2D eigenvalue weighted by atomic mass is 10.1. The molecule has 2 aromatic carbocycles. The summed E-state index contributed by atoms with van der Waals surface area (Å²) in [6.45, 7) is 0.346. The van der Waals surface area contributed by atoms with Crippen LogP contribution in [0.2, 0.25) is 0 Å². The van der Waals surface area contributed by atoms with Crippen LogP contribution in [-0.4, -0.2) is 50.3 Å². The first kappa shape index (κ1) is 22.4. The number of imidazole rings is 1. The molecular weight excluding hydrogens is 470 g/mol. The Labute approximate surface area is 200 Å². The maximum absolute atomic E-state index is 12.5. The van der Waals surface area contributed by atoms with E-state index in [1.807, 2.05) is 0 Å². The number of benzene rings is 2. The van der Waals surface area contributed by atoms with Gasteiger partial charge in [0, 0.05) is 24.5 Å². The van der Waals surface area contributed by atoms with E-state index in [0.29, 0.717) is 41.8 Å². The van der Waals surface area contributed by atoms with Crippen LogP contribution in [0.5, 0.6) is 11.5 Å². The molecule has 0 aliphatic heterocycles. The molecule has 5 rings (SSSR count). The summed E-state index contributed by atoms with van der Waals surface area (Å²) in [4.78, 5) is 13.6. The topological polar surface area (TPSA) is 143 Å². The van der Waals surface area contributed by atoms with Gasteiger partial charge >= 0.3 is 5.84 Å². The molecule has 10 nitrogen and oxygen atoms in total. The van der Waals surface area contributed by atoms with Crippen LogP contribution in [0.15, 0.2) is 82.6 Å². The molecular formula is C24H21N5O5S. The van der Waals surface area contributed by atoms with Gasteiger partial charge in [-0.05, 0) is 61.0 Å². The zero-order valence-electron chi connectivity index (χ0n) is 18.4. The molecule has 178 valence electrons. The predicted octanol–water partition coefficient (Wildman–Crippen LogP) is 3.74. The van der Waals surface area contributed by atoms with Crippen molar-refractivity contribution < 1.29 is 23.0 Å². The standard InChI is InChI=1S/C24H21N5O5S/c30-17-4-2-16(3-5-17)21-22(29-13-14-34-24(29)28-21)20-10-12-26-23(27-20)25-11-1-15-35(32,33)19-8-6-18(31)7-9-19/h2-10,12-14,30-31H,1,11,15H2,(H,25,26,27). The Kier molecular flexibility index (Phi) is 5.83. The number of sulfone groups is 1. The van der Waals surface area contributed by atoms with Crippen molar-refractivity contribution in [2.24, 2.45) is 0 Å². The zero-order chi connectivity index (χ0) is 24.4. The highest BCUT2D eigenvalue weighted by Crippen LogP contribution is 2.33. The summed E-state index contributed by atoms with van der Waals surface area (Å²) in [5.41, 5.74) is 2.70. The monoisotopic (exact) mass is 491 g/mol. The number of hydrogen-bond donors (Lipinski definition) is 3. The van der Waals surface area contributed by atoms with Gasteiger partial charge < -0.3 is 19.9 Å². The van der Waals surface area contributed by atoms with E-state index in [1.54, 1.807) is 47.1 Å². The smallest absolute Gasteiger partial charge is 0.306 e. The largest absolute Gasteiger partial charge is 0.508 e. The minimum Gasteiger partial charge on any atom is -0.508 e. The van der Waals surface area contributed by atoms with Crippen molar-refractivity contribution in [2.45, 2.75) is 11.3 Å². The Morgan fingerprint density at radius 1 is 0.943 bits per heavy atom. The molecule has 0 atom stereocenters. The molecule has 0 radical (unpaired) electrons. The summed E-state index contributed by atoms with van der Waals surface area (Å²) >= 11 is 0. The predicted molar refractivity (Wildman–Crippen MR) is 129 cm³/mol. The molecule has 11 heteroatoms. The molecule has 0 aliphatic rings. The van der Waals surface area contributed by atoms with Crippen LogP contribution in [-0.2, 0) is 9.84 Å². The number of phenols is 2. The molecule has 0 amide bonds. The lowest BCUT2D eigenvalue weighted by Crippen LogP contribution is -2.13. The summed E-state index contributed by atoms with van der Waals surface area (Å²) in [5, 5.41) is 22.1. The van der Waals surface area contributed by atoms with Crippen LogP contribution in [0, 0.1) is 0 Å². The fourth-order valence-corrected chi connectivity index (χ4v) is 4.97. The number of oxazole rings is 1. The second-order valence-electron chi connectivity index (χ2n) is 7.77. The highest BCUT2D eigenvalue weighted by Gasteiger charge is 2.19. The molecule has 0 aliphatic carbocycles. The Morgan fingerprint density at radius 2 is 1.66 bits per heavy atom. The molecule has 0 saturated carbocycles. The number of fused-ring (bicyclic) bond motifs is 1. The molecule has 3 heterocycles. The Balaban J connectivity index is 1.33. The summed E-state index contributed by atoms with van der Waals surface area (Å²) in [7, 11) is -3.46. The third-order valence-corrected chi connectivity index (χ3v) is 7.19. The lowest BCUT2D eigenvalue weighted by molar-refractivity contribution is 0.474. The molecule has 35 heavy (non-hydrogen) atoms. The van der Waals surface area contributed by atoms with Crippen LogP contribution in [0.4, 0.5) is 5.95 Å².